The summed E-state index contributed by atoms with van der Waals surface area (Å²) in [5.41, 5.74) is 1.22. The first kappa shape index (κ1) is 24.2. The lowest BCUT2D eigenvalue weighted by atomic mass is 9.92. The largest absolute Gasteiger partial charge is 0.352 e. The first-order valence-corrected chi connectivity index (χ1v) is 11.0. The summed E-state index contributed by atoms with van der Waals surface area (Å²) in [5, 5.41) is 0. The predicted molar refractivity (Wildman–Crippen MR) is 124 cm³/mol. The average Bonchev–Trinajstić information content (AvgIpc) is 2.87. The second-order valence-corrected chi connectivity index (χ2v) is 8.17. The minimum atomic E-state index is -0.999. The van der Waals surface area contributed by atoms with E-state index in [1.807, 2.05) is 0 Å². The highest BCUT2D eigenvalue weighted by Gasteiger charge is 2.27. The van der Waals surface area contributed by atoms with E-state index < -0.39 is 29.2 Å². The number of hydrogen-bond acceptors (Lipinski definition) is 2. The van der Waals surface area contributed by atoms with Gasteiger partial charge in [-0.25, -0.2) is 17.6 Å². The molecule has 1 heterocycles. The normalized spacial score (nSPS) is 18.1. The van der Waals surface area contributed by atoms with Gasteiger partial charge in [-0.15, -0.1) is 6.58 Å². The van der Waals surface area contributed by atoms with Crippen LogP contribution in [0.4, 0.5) is 17.6 Å². The summed E-state index contributed by atoms with van der Waals surface area (Å²) in [6.07, 6.45) is 2.69. The molecule has 0 atom stereocenters. The predicted octanol–water partition coefficient (Wildman–Crippen LogP) is 6.67. The number of hydrogen-bond donors (Lipinski definition) is 0. The molecule has 0 saturated carbocycles. The molecule has 2 radical (unpaired) electrons. The molecule has 0 aromatic heterocycles. The molecule has 1 aliphatic rings. The zero-order valence-corrected chi connectivity index (χ0v) is 18.5. The van der Waals surface area contributed by atoms with Gasteiger partial charge < -0.3 is 9.47 Å². The van der Waals surface area contributed by atoms with Gasteiger partial charge >= 0.3 is 0 Å². The van der Waals surface area contributed by atoms with Crippen LogP contribution in [0.3, 0.4) is 0 Å². The van der Waals surface area contributed by atoms with Crippen molar-refractivity contribution < 1.29 is 27.0 Å². The van der Waals surface area contributed by atoms with Gasteiger partial charge in [0.1, 0.15) is 0 Å². The van der Waals surface area contributed by atoms with Crippen LogP contribution in [0.5, 0.6) is 0 Å². The summed E-state index contributed by atoms with van der Waals surface area (Å²) in [5.74, 6) is -4.34. The van der Waals surface area contributed by atoms with E-state index in [1.54, 1.807) is 6.08 Å². The average molecular weight is 466 g/mol. The molecule has 3 aromatic rings. The van der Waals surface area contributed by atoms with E-state index in [9.17, 15) is 17.6 Å². The number of halogens is 4. The van der Waals surface area contributed by atoms with E-state index in [-0.39, 0.29) is 48.1 Å². The molecule has 0 unspecified atom stereocenters. The van der Waals surface area contributed by atoms with Crippen molar-refractivity contribution >= 4 is 7.85 Å². The van der Waals surface area contributed by atoms with Crippen LogP contribution in [0.15, 0.2) is 61.2 Å². The Morgan fingerprint density at radius 1 is 0.794 bits per heavy atom. The van der Waals surface area contributed by atoms with Crippen molar-refractivity contribution in [1.29, 1.82) is 0 Å². The van der Waals surface area contributed by atoms with E-state index in [0.29, 0.717) is 17.5 Å². The molecule has 0 aliphatic carbocycles. The van der Waals surface area contributed by atoms with E-state index in [0.717, 1.165) is 6.42 Å². The molecule has 0 spiro atoms. The van der Waals surface area contributed by atoms with Gasteiger partial charge in [0.2, 0.25) is 0 Å². The highest BCUT2D eigenvalue weighted by atomic mass is 19.2. The lowest BCUT2D eigenvalue weighted by molar-refractivity contribution is -0.189. The van der Waals surface area contributed by atoms with Gasteiger partial charge in [-0.1, -0.05) is 60.9 Å². The highest BCUT2D eigenvalue weighted by Crippen LogP contribution is 2.34. The van der Waals surface area contributed by atoms with Gasteiger partial charge in [0, 0.05) is 23.5 Å². The fourth-order valence-corrected chi connectivity index (χ4v) is 4.05. The first-order valence-electron chi connectivity index (χ1n) is 11.0. The summed E-state index contributed by atoms with van der Waals surface area (Å²) in [6, 6.07) is 12.1. The molecule has 174 valence electrons. The minimum absolute atomic E-state index is 0.0620. The van der Waals surface area contributed by atoms with Gasteiger partial charge in [-0.05, 0) is 28.7 Å². The van der Waals surface area contributed by atoms with Crippen LogP contribution in [0.1, 0.15) is 29.9 Å². The van der Waals surface area contributed by atoms with Crippen LogP contribution in [-0.2, 0) is 15.8 Å². The van der Waals surface area contributed by atoms with Crippen LogP contribution in [0, 0.1) is 23.3 Å². The fraction of sp³-hybridized carbons (Fsp3) is 0.259. The lowest BCUT2D eigenvalue weighted by Gasteiger charge is -2.30. The van der Waals surface area contributed by atoms with E-state index in [4.69, 9.17) is 17.3 Å². The van der Waals surface area contributed by atoms with Crippen molar-refractivity contribution in [3.8, 4) is 22.3 Å². The Balaban J connectivity index is 1.54. The summed E-state index contributed by atoms with van der Waals surface area (Å²) < 4.78 is 69.7. The molecule has 0 N–H and O–H groups in total. The maximum absolute atomic E-state index is 15.0. The van der Waals surface area contributed by atoms with Crippen molar-refractivity contribution in [3.63, 3.8) is 0 Å². The molecule has 1 fully saturated rings. The molecule has 7 heteroatoms. The van der Waals surface area contributed by atoms with E-state index >= 15 is 0 Å². The van der Waals surface area contributed by atoms with Crippen molar-refractivity contribution in [2.24, 2.45) is 0 Å². The Morgan fingerprint density at radius 2 is 1.35 bits per heavy atom. The van der Waals surface area contributed by atoms with Gasteiger partial charge in [0.15, 0.2) is 29.6 Å². The highest BCUT2D eigenvalue weighted by molar-refractivity contribution is 6.08. The Kier molecular flexibility index (Phi) is 7.54. The molecule has 1 aliphatic heterocycles. The number of rotatable bonds is 7. The molecule has 2 nitrogen and oxygen atoms in total. The molecule has 4 rings (SSSR count). The van der Waals surface area contributed by atoms with Gasteiger partial charge in [0.25, 0.3) is 0 Å². The second kappa shape index (κ2) is 10.6. The second-order valence-electron chi connectivity index (χ2n) is 8.17. The van der Waals surface area contributed by atoms with Crippen molar-refractivity contribution in [3.05, 3.63) is 95.6 Å². The van der Waals surface area contributed by atoms with Crippen LogP contribution in [0.25, 0.3) is 22.3 Å². The zero-order valence-electron chi connectivity index (χ0n) is 18.5. The van der Waals surface area contributed by atoms with Crippen molar-refractivity contribution in [2.75, 3.05) is 13.2 Å². The van der Waals surface area contributed by atoms with E-state index in [2.05, 4.69) is 6.58 Å². The number of allylic oxidation sites excluding steroid dienone is 1. The molecule has 1 saturated heterocycles. The Bertz CT molecular complexity index is 1170. The van der Waals surface area contributed by atoms with E-state index in [1.165, 1.54) is 48.5 Å². The third kappa shape index (κ3) is 4.81. The minimum Gasteiger partial charge on any atom is -0.352 e. The molecule has 0 bridgehead atoms. The van der Waals surface area contributed by atoms with Gasteiger partial charge in [-0.2, -0.15) is 0 Å². The van der Waals surface area contributed by atoms with Gasteiger partial charge in [-0.3, -0.25) is 0 Å². The molecule has 3 aromatic carbocycles. The third-order valence-corrected chi connectivity index (χ3v) is 6.01. The van der Waals surface area contributed by atoms with Crippen LogP contribution < -0.4 is 0 Å². The first-order chi connectivity index (χ1) is 16.4. The Hall–Kier alpha value is -2.90. The van der Waals surface area contributed by atoms with Gasteiger partial charge in [0.05, 0.1) is 21.1 Å². The topological polar surface area (TPSA) is 18.5 Å². The zero-order chi connectivity index (χ0) is 24.2. The quantitative estimate of drug-likeness (QED) is 0.220. The standard InChI is InChI=1S/C27H23BF4O2/c1-2-3-4-23-33-14-19(15-34-23)22-12-11-21(26(31)27(22)32)17-7-5-16(6-8-17)20-10-9-18(13-28)24(29)25(20)30/h2,5-12,19,23H,1,3-4,13-15H2. The van der Waals surface area contributed by atoms with Crippen molar-refractivity contribution in [2.45, 2.75) is 31.4 Å². The molecular formula is C27H23BF4O2. The Morgan fingerprint density at radius 3 is 1.91 bits per heavy atom. The van der Waals surface area contributed by atoms with Crippen LogP contribution >= 0.6 is 0 Å². The summed E-state index contributed by atoms with van der Waals surface area (Å²) in [4.78, 5) is 0. The summed E-state index contributed by atoms with van der Waals surface area (Å²) in [7, 11) is 5.41. The fourth-order valence-electron chi connectivity index (χ4n) is 4.05. The maximum Gasteiger partial charge on any atom is 0.166 e. The monoisotopic (exact) mass is 466 g/mol. The molecular weight excluding hydrogens is 443 g/mol. The summed E-state index contributed by atoms with van der Waals surface area (Å²) in [6.45, 7) is 4.12. The summed E-state index contributed by atoms with van der Waals surface area (Å²) >= 11 is 0. The molecule has 0 amide bonds. The lowest BCUT2D eigenvalue weighted by Crippen LogP contribution is -2.31. The molecule has 34 heavy (non-hydrogen) atoms. The van der Waals surface area contributed by atoms with Crippen LogP contribution in [0.2, 0.25) is 0 Å². The van der Waals surface area contributed by atoms with Crippen molar-refractivity contribution in [1.82, 2.24) is 0 Å². The number of benzene rings is 3. The maximum atomic E-state index is 15.0. The smallest absolute Gasteiger partial charge is 0.166 e. The SMILES string of the molecule is [B]Cc1ccc(-c2ccc(-c3ccc(C4COC(CCC=C)OC4)c(F)c3F)cc2)c(F)c1F. The third-order valence-electron chi connectivity index (χ3n) is 6.01. The number of ether oxygens (including phenoxy) is 2. The van der Waals surface area contributed by atoms with Crippen LogP contribution in [-0.4, -0.2) is 27.4 Å². The Labute approximate surface area is 197 Å².